The molecule has 0 radical (unpaired) electrons. The van der Waals surface area contributed by atoms with Gasteiger partial charge < -0.3 is 133 Å². The van der Waals surface area contributed by atoms with Crippen LogP contribution in [0.25, 0.3) is 0 Å². The number of thioether (sulfide) groups is 2. The van der Waals surface area contributed by atoms with Crippen molar-refractivity contribution in [3.8, 4) is 0 Å². The molecule has 132 heavy (non-hydrogen) atoms. The normalized spacial score (nSPS) is 30.1. The van der Waals surface area contributed by atoms with Gasteiger partial charge in [0, 0.05) is 62.0 Å². The summed E-state index contributed by atoms with van der Waals surface area (Å²) >= 11 is 2.41. The Labute approximate surface area is 778 Å². The number of benzene rings is 2. The van der Waals surface area contributed by atoms with Crippen LogP contribution in [0.1, 0.15) is 200 Å². The standard InChI is InChI=1S/C89H141N21O20S2/c1-9-13-60-76(119)101-62(30-31-70(116)117)77(120)102-64(35-50-20-26-57(114)27-21-50)80(123)100-61(14-10-2)78(121)108-72(47(4)112)86(129)106-68(74(90)118)43-131-41-52-15-11-16-53(33-52)42-132-44-69(107-79(122)63(97-48(5)113)34-49-18-24-55(25-19-49)98-88(91)92)84(127)110-73(89(6,7)8)87(130)105-65(36-51-22-28-58(115)29-23-51)81(124)103-67(38-56-40-93-45-96-56)83(126)109-71(46(3)111)85(128)104-66(82(125)99-60)37-54-39-95-75-59(54)17-12-32-94-75/h11,15-16,18-19,24-25,33,46-47,50-51,54,56-69,71-73,75,93-96,111-112,114-115H,9-10,12-14,17,20-23,26-32,34-45H2,1-8H3,(H2,90,118)(H,97,113)(H,99,125)(H,100,123)(H,101,119)(H,102,120)(H,103,124)(H,104,128)(H,105,130)(H,106,129)(H,107,122)(H,108,121)(H,109,126)(H,110,127)(H,116,117)(H4,91,92,98)/t46-,47-,50?,51?,54?,56?,57?,58?,59?,60+,61+,62+,63+,64+,65+,66+,67+,68+,69+,71+,72+,73-,75?/m1/s1. The molecule has 4 heterocycles. The zero-order valence-electron chi connectivity index (χ0n) is 76.8. The van der Waals surface area contributed by atoms with Crippen LogP contribution in [0.15, 0.2) is 53.5 Å². The first-order chi connectivity index (χ1) is 62.6. The third-order valence-electron chi connectivity index (χ3n) is 24.9. The SMILES string of the molecule is CCC[C@@H]1NC(=O)[C@H](CC2CNC3NCCCC23)NC(=O)[C@H]([C@@H](C)O)NC(=O)[C@H](CC2CNCN2)NC(=O)[C@H](CC2CCC(O)CC2)NC(=O)[C@H](C(C)(C)C)NC(=O)[C@@H](NC(=O)[C@H](Cc2ccc(N=C(N)N)cc2)NC(C)=O)CSCc2cccc(c2)CSC[C@@H](C(N)=O)NC(=O)[C@H]([C@@H](C)O)NC(=O)[C@H](CCC)NC(=O)[C@H](CC2CCC(O)CC2)NC(=O)[C@H](CCC(=O)O)NC1=O. The van der Waals surface area contributed by atoms with Gasteiger partial charge in [-0.2, -0.15) is 23.5 Å². The van der Waals surface area contributed by atoms with Gasteiger partial charge in [0.25, 0.3) is 0 Å². The minimum atomic E-state index is -1.85. The average Bonchev–Trinajstić information content (AvgIpc) is 1.23. The highest BCUT2D eigenvalue weighted by atomic mass is 32.2. The molecular weight excluding hydrogens is 1750 g/mol. The molecule has 2 bridgehead atoms. The van der Waals surface area contributed by atoms with Crippen molar-refractivity contribution < 1.29 is 97.5 Å². The molecule has 3 saturated heterocycles. The number of aliphatic imine (C=N–C) groups is 1. The number of carboxylic acids is 1. The molecule has 734 valence electrons. The third kappa shape index (κ3) is 34.6. The molecule has 14 amide bonds. The largest absolute Gasteiger partial charge is 0.481 e. The molecule has 0 spiro atoms. The van der Waals surface area contributed by atoms with Crippen molar-refractivity contribution >= 4 is 124 Å². The van der Waals surface area contributed by atoms with E-state index in [-0.39, 0.29) is 117 Å². The predicted molar refractivity (Wildman–Crippen MR) is 494 cm³/mol. The Balaban J connectivity index is 1.17. The fourth-order valence-electron chi connectivity index (χ4n) is 17.6. The molecule has 5 fully saturated rings. The van der Waals surface area contributed by atoms with E-state index in [1.807, 2.05) is 12.1 Å². The summed E-state index contributed by atoms with van der Waals surface area (Å²) in [6.45, 7) is 13.7. The summed E-state index contributed by atoms with van der Waals surface area (Å²) in [7, 11) is 0. The van der Waals surface area contributed by atoms with E-state index < -0.39 is 216 Å². The Bertz CT molecular complexity index is 4270. The van der Waals surface area contributed by atoms with Crippen molar-refractivity contribution in [2.24, 2.45) is 51.3 Å². The van der Waals surface area contributed by atoms with Crippen molar-refractivity contribution in [2.45, 2.75) is 317 Å². The number of aliphatic carboxylic acids is 1. The molecule has 2 aliphatic carbocycles. The molecule has 0 aromatic heterocycles. The number of rotatable bonds is 24. The molecule has 2 saturated carbocycles. The summed E-state index contributed by atoms with van der Waals surface area (Å²) in [4.78, 5) is 223. The first kappa shape index (κ1) is 107. The summed E-state index contributed by atoms with van der Waals surface area (Å²) in [5.74, 6) is -15.1. The van der Waals surface area contributed by atoms with Crippen LogP contribution in [-0.4, -0.2) is 273 Å². The van der Waals surface area contributed by atoms with Crippen LogP contribution in [0.4, 0.5) is 5.69 Å². The number of primary amides is 1. The van der Waals surface area contributed by atoms with Gasteiger partial charge in [-0.3, -0.25) is 71.9 Å². The number of fused-ring (bicyclic) bond motifs is 3. The van der Waals surface area contributed by atoms with E-state index >= 15 is 28.8 Å². The van der Waals surface area contributed by atoms with Crippen LogP contribution >= 0.6 is 23.5 Å². The highest BCUT2D eigenvalue weighted by Crippen LogP contribution is 2.34. The van der Waals surface area contributed by atoms with E-state index in [0.29, 0.717) is 88.9 Å². The van der Waals surface area contributed by atoms with Crippen LogP contribution in [0.2, 0.25) is 0 Å². The predicted octanol–water partition coefficient (Wildman–Crippen LogP) is -2.88. The monoisotopic (exact) mass is 1890 g/mol. The van der Waals surface area contributed by atoms with Crippen molar-refractivity contribution in [1.82, 2.24) is 90.4 Å². The molecule has 2 aromatic carbocycles. The van der Waals surface area contributed by atoms with Crippen molar-refractivity contribution in [1.29, 1.82) is 0 Å². The number of piperidine rings is 1. The number of aliphatic hydroxyl groups excluding tert-OH is 4. The number of nitrogens with two attached hydrogens (primary N) is 3. The number of carbonyl (C=O) groups excluding carboxylic acids is 14. The van der Waals surface area contributed by atoms with Gasteiger partial charge in [0.05, 0.1) is 36.3 Å². The van der Waals surface area contributed by atoms with Gasteiger partial charge in [-0.15, -0.1) is 0 Å². The Morgan fingerprint density at radius 3 is 1.51 bits per heavy atom. The second-order valence-corrected chi connectivity index (χ2v) is 39.0. The van der Waals surface area contributed by atoms with Crippen molar-refractivity contribution in [3.05, 3.63) is 65.2 Å². The average molecular weight is 1890 g/mol. The third-order valence-corrected chi connectivity index (χ3v) is 27.2. The molecule has 19 atom stereocenters. The maximum absolute atomic E-state index is 15.5. The fraction of sp³-hybridized carbons (Fsp3) is 0.685. The number of aliphatic hydroxyl groups is 4. The van der Waals surface area contributed by atoms with Gasteiger partial charge in [-0.25, -0.2) is 4.99 Å². The number of nitrogens with zero attached hydrogens (tertiary/aromatic N) is 1. The van der Waals surface area contributed by atoms with Gasteiger partial charge in [0.2, 0.25) is 82.7 Å². The Hall–Kier alpha value is -9.86. The van der Waals surface area contributed by atoms with Crippen LogP contribution in [0, 0.1) is 29.1 Å². The molecule has 2 aromatic rings. The van der Waals surface area contributed by atoms with Crippen molar-refractivity contribution in [2.75, 3.05) is 37.8 Å². The lowest BCUT2D eigenvalue weighted by Crippen LogP contribution is -2.63. The maximum atomic E-state index is 15.5. The number of carbonyl (C=O) groups is 15. The Morgan fingerprint density at radius 1 is 0.538 bits per heavy atom. The lowest BCUT2D eigenvalue weighted by molar-refractivity contribution is -0.139. The molecule has 4 aliphatic heterocycles. The highest BCUT2D eigenvalue weighted by molar-refractivity contribution is 7.98. The smallest absolute Gasteiger partial charge is 0.303 e. The van der Waals surface area contributed by atoms with E-state index in [1.165, 1.54) is 44.3 Å². The first-order valence-electron chi connectivity index (χ1n) is 46.1. The second kappa shape index (κ2) is 52.7. The van der Waals surface area contributed by atoms with Gasteiger partial charge in [-0.1, -0.05) is 83.9 Å². The van der Waals surface area contributed by atoms with E-state index in [4.69, 9.17) is 17.2 Å². The fourth-order valence-corrected chi connectivity index (χ4v) is 19.6. The minimum absolute atomic E-state index is 0.0333. The van der Waals surface area contributed by atoms with Gasteiger partial charge in [0.1, 0.15) is 78.5 Å². The van der Waals surface area contributed by atoms with E-state index in [0.717, 1.165) is 24.0 Å². The topological polar surface area (TPSA) is 652 Å². The molecule has 28 N–H and O–H groups in total. The summed E-state index contributed by atoms with van der Waals surface area (Å²) in [5.41, 5.74) is 18.4. The number of guanidine groups is 1. The van der Waals surface area contributed by atoms with Crippen molar-refractivity contribution in [3.63, 3.8) is 0 Å². The zero-order valence-corrected chi connectivity index (χ0v) is 78.4. The molecule has 6 aliphatic rings. The van der Waals surface area contributed by atoms with Gasteiger partial charge in [-0.05, 0) is 194 Å². The van der Waals surface area contributed by atoms with E-state index in [9.17, 15) is 68.7 Å². The van der Waals surface area contributed by atoms with Crippen LogP contribution in [-0.2, 0) is 89.8 Å². The second-order valence-electron chi connectivity index (χ2n) is 37.0. The summed E-state index contributed by atoms with van der Waals surface area (Å²) in [5, 5.41) is 103. The molecule has 4 unspecified atom stereocenters. The molecule has 8 rings (SSSR count). The number of nitrogens with one attached hydrogen (secondary N) is 17. The van der Waals surface area contributed by atoms with E-state index in [2.05, 4.69) is 95.4 Å². The summed E-state index contributed by atoms with van der Waals surface area (Å²) in [6, 6.07) is -6.60. The lowest BCUT2D eigenvalue weighted by atomic mass is 9.82. The highest BCUT2D eigenvalue weighted by Gasteiger charge is 2.45. The van der Waals surface area contributed by atoms with Crippen LogP contribution in [0.3, 0.4) is 0 Å². The zero-order chi connectivity index (χ0) is 96.6. The molecule has 41 nitrogen and oxygen atoms in total. The van der Waals surface area contributed by atoms with Gasteiger partial charge in [0.15, 0.2) is 5.96 Å². The number of carboxylic acid groups (broad SMARTS) is 1. The number of amides is 14. The Morgan fingerprint density at radius 2 is 1.02 bits per heavy atom. The summed E-state index contributed by atoms with van der Waals surface area (Å²) < 4.78 is 0. The number of hydrogen-bond donors (Lipinski definition) is 25. The Kier molecular flexibility index (Phi) is 42.9. The first-order valence-corrected chi connectivity index (χ1v) is 48.4. The van der Waals surface area contributed by atoms with Crippen LogP contribution in [0.5, 0.6) is 0 Å². The molecule has 43 heteroatoms. The van der Waals surface area contributed by atoms with E-state index in [1.54, 1.807) is 71.0 Å². The summed E-state index contributed by atoms with van der Waals surface area (Å²) in [6.07, 6.45) is -1.46. The quantitative estimate of drug-likeness (QED) is 0.0371. The van der Waals surface area contributed by atoms with Crippen LogP contribution < -0.4 is 108 Å². The molecular formula is C89H141N21O20S2. The lowest BCUT2D eigenvalue weighted by Gasteiger charge is -2.35. The van der Waals surface area contributed by atoms with Gasteiger partial charge >= 0.3 is 5.97 Å². The minimum Gasteiger partial charge on any atom is -0.481 e. The number of hydrogen-bond acceptors (Lipinski definition) is 26. The maximum Gasteiger partial charge on any atom is 0.303 e.